The van der Waals surface area contributed by atoms with Gasteiger partial charge in [-0.2, -0.15) is 5.84 Å². The Morgan fingerprint density at radius 2 is 1.75 bits per heavy atom. The highest BCUT2D eigenvalue weighted by Crippen LogP contribution is 2.44. The van der Waals surface area contributed by atoms with E-state index in [0.717, 1.165) is 0 Å². The van der Waals surface area contributed by atoms with Crippen molar-refractivity contribution in [1.82, 2.24) is 0 Å². The molecule has 0 aromatic heterocycles. The van der Waals surface area contributed by atoms with Gasteiger partial charge in [0.1, 0.15) is 11.1 Å². The van der Waals surface area contributed by atoms with Gasteiger partial charge in [-0.05, 0) is 33.8 Å². The van der Waals surface area contributed by atoms with E-state index in [4.69, 9.17) is 5.84 Å². The number of piperidine rings is 1. The van der Waals surface area contributed by atoms with Crippen LogP contribution in [-0.2, 0) is 4.79 Å². The molecule has 0 aromatic rings. The van der Waals surface area contributed by atoms with E-state index in [-0.39, 0.29) is 11.7 Å². The molecule has 0 aromatic carbocycles. The van der Waals surface area contributed by atoms with E-state index >= 15 is 0 Å². The molecule has 2 N–H and O–H groups in total. The van der Waals surface area contributed by atoms with Crippen molar-refractivity contribution in [2.24, 2.45) is 11.8 Å². The number of ketones is 1. The molecule has 0 saturated carbocycles. The number of carbonyl (C=O) groups is 1. The SMILES string of the molecule is C=CC(=O)C1CC(C)(C)[N+](N)([O-])C(C)(C)C1. The van der Waals surface area contributed by atoms with Gasteiger partial charge in [0, 0.05) is 18.8 Å². The summed E-state index contributed by atoms with van der Waals surface area (Å²) < 4.78 is -0.791. The average Bonchev–Trinajstić information content (AvgIpc) is 2.12. The first kappa shape index (κ1) is 13.4. The standard InChI is InChI=1S/C12H22N2O2/c1-6-10(15)9-7-11(2,3)14(13,16)12(4,5)8-9/h6,9H,1,7-8,13H2,2-5H3. The highest BCUT2D eigenvalue weighted by Gasteiger charge is 2.53. The predicted octanol–water partition coefficient (Wildman–Crippen LogP) is 1.90. The van der Waals surface area contributed by atoms with E-state index in [1.54, 1.807) is 0 Å². The van der Waals surface area contributed by atoms with Crippen LogP contribution in [0.25, 0.3) is 0 Å². The fourth-order valence-corrected chi connectivity index (χ4v) is 2.74. The highest BCUT2D eigenvalue weighted by molar-refractivity contribution is 5.91. The van der Waals surface area contributed by atoms with E-state index in [1.807, 2.05) is 27.7 Å². The molecular weight excluding hydrogens is 204 g/mol. The summed E-state index contributed by atoms with van der Waals surface area (Å²) in [5, 5.41) is 12.5. The van der Waals surface area contributed by atoms with Crippen LogP contribution in [-0.4, -0.2) is 21.6 Å². The Hall–Kier alpha value is -0.710. The summed E-state index contributed by atoms with van der Waals surface area (Å²) in [5.41, 5.74) is -1.30. The Bertz CT molecular complexity index is 299. The van der Waals surface area contributed by atoms with Crippen LogP contribution in [0.3, 0.4) is 0 Å². The first-order valence-electron chi connectivity index (χ1n) is 5.60. The molecule has 0 atom stereocenters. The maximum absolute atomic E-state index is 12.5. The zero-order chi connectivity index (χ0) is 12.8. The molecule has 4 nitrogen and oxygen atoms in total. The van der Waals surface area contributed by atoms with Gasteiger partial charge in [-0.1, -0.05) is 6.58 Å². The smallest absolute Gasteiger partial charge is 0.158 e. The van der Waals surface area contributed by atoms with Crippen molar-refractivity contribution >= 4 is 5.78 Å². The number of hydroxylamine groups is 2. The summed E-state index contributed by atoms with van der Waals surface area (Å²) in [4.78, 5) is 11.7. The van der Waals surface area contributed by atoms with Gasteiger partial charge >= 0.3 is 0 Å². The monoisotopic (exact) mass is 226 g/mol. The predicted molar refractivity (Wildman–Crippen MR) is 63.9 cm³/mol. The minimum atomic E-state index is -0.791. The van der Waals surface area contributed by atoms with Gasteiger partial charge in [0.25, 0.3) is 0 Å². The Labute approximate surface area is 97.2 Å². The summed E-state index contributed by atoms with van der Waals surface area (Å²) in [6.45, 7) is 10.8. The molecule has 1 saturated heterocycles. The van der Waals surface area contributed by atoms with Crippen molar-refractivity contribution in [2.45, 2.75) is 51.6 Å². The normalized spacial score (nSPS) is 36.8. The molecular formula is C12H22N2O2. The van der Waals surface area contributed by atoms with Crippen molar-refractivity contribution in [3.63, 3.8) is 0 Å². The summed E-state index contributed by atoms with van der Waals surface area (Å²) in [7, 11) is 0. The van der Waals surface area contributed by atoms with Crippen molar-refractivity contribution < 1.29 is 9.55 Å². The molecule has 92 valence electrons. The van der Waals surface area contributed by atoms with Gasteiger partial charge in [0.05, 0.1) is 0 Å². The van der Waals surface area contributed by atoms with Crippen LogP contribution in [0.5, 0.6) is 0 Å². The van der Waals surface area contributed by atoms with Crippen LogP contribution < -0.4 is 5.84 Å². The number of nitrogens with two attached hydrogens (primary N) is 1. The largest absolute Gasteiger partial charge is 0.611 e. The first-order chi connectivity index (χ1) is 7.05. The molecule has 1 aliphatic heterocycles. The molecule has 4 heteroatoms. The van der Waals surface area contributed by atoms with E-state index in [1.165, 1.54) is 6.08 Å². The number of nitrogens with zero attached hydrogens (tertiary/aromatic N) is 1. The van der Waals surface area contributed by atoms with E-state index < -0.39 is 15.8 Å². The topological polar surface area (TPSA) is 66.2 Å². The van der Waals surface area contributed by atoms with Gasteiger partial charge < -0.3 is 5.21 Å². The highest BCUT2D eigenvalue weighted by atomic mass is 16.6. The van der Waals surface area contributed by atoms with Crippen LogP contribution in [0.2, 0.25) is 0 Å². The quantitative estimate of drug-likeness (QED) is 0.338. The number of hydrogen-bond donors (Lipinski definition) is 1. The molecule has 0 aliphatic carbocycles. The van der Waals surface area contributed by atoms with Gasteiger partial charge in [-0.25, -0.2) is 0 Å². The van der Waals surface area contributed by atoms with E-state index in [9.17, 15) is 10.0 Å². The lowest BCUT2D eigenvalue weighted by molar-refractivity contribution is -0.989. The zero-order valence-corrected chi connectivity index (χ0v) is 10.6. The second-order valence-electron chi connectivity index (χ2n) is 5.99. The van der Waals surface area contributed by atoms with Gasteiger partial charge in [0.15, 0.2) is 5.78 Å². The maximum atomic E-state index is 12.5. The van der Waals surface area contributed by atoms with Crippen LogP contribution in [0.15, 0.2) is 12.7 Å². The van der Waals surface area contributed by atoms with Crippen LogP contribution >= 0.6 is 0 Å². The molecule has 1 aliphatic rings. The fraction of sp³-hybridized carbons (Fsp3) is 0.750. The number of hydrogen-bond acceptors (Lipinski definition) is 3. The van der Waals surface area contributed by atoms with Crippen molar-refractivity contribution in [3.05, 3.63) is 17.9 Å². The van der Waals surface area contributed by atoms with Crippen molar-refractivity contribution in [3.8, 4) is 0 Å². The summed E-state index contributed by atoms with van der Waals surface area (Å²) in [6, 6.07) is 0. The first-order valence-corrected chi connectivity index (χ1v) is 5.60. The molecule has 0 spiro atoms. The lowest BCUT2D eigenvalue weighted by Crippen LogP contribution is -2.75. The number of rotatable bonds is 2. The Morgan fingerprint density at radius 3 is 2.06 bits per heavy atom. The molecule has 0 unspecified atom stereocenters. The van der Waals surface area contributed by atoms with Crippen LogP contribution in [0.1, 0.15) is 40.5 Å². The average molecular weight is 226 g/mol. The molecule has 0 bridgehead atoms. The number of allylic oxidation sites excluding steroid dienone is 1. The molecule has 16 heavy (non-hydrogen) atoms. The fourth-order valence-electron chi connectivity index (χ4n) is 2.74. The molecule has 1 heterocycles. The van der Waals surface area contributed by atoms with Gasteiger partial charge in [-0.15, -0.1) is 0 Å². The Balaban J connectivity index is 3.08. The molecule has 1 rings (SSSR count). The molecule has 0 radical (unpaired) electrons. The molecule has 1 fully saturated rings. The Kier molecular flexibility index (Phi) is 3.05. The lowest BCUT2D eigenvalue weighted by Gasteiger charge is -2.62. The lowest BCUT2D eigenvalue weighted by atomic mass is 9.73. The summed E-state index contributed by atoms with van der Waals surface area (Å²) >= 11 is 0. The van der Waals surface area contributed by atoms with Crippen molar-refractivity contribution in [2.75, 3.05) is 0 Å². The Morgan fingerprint density at radius 1 is 1.38 bits per heavy atom. The van der Waals surface area contributed by atoms with E-state index in [0.29, 0.717) is 12.8 Å². The minimum absolute atomic E-state index is 0.0147. The summed E-state index contributed by atoms with van der Waals surface area (Å²) in [5.74, 6) is 5.76. The van der Waals surface area contributed by atoms with Crippen LogP contribution in [0.4, 0.5) is 0 Å². The maximum Gasteiger partial charge on any atom is 0.158 e. The zero-order valence-electron chi connectivity index (χ0n) is 10.6. The number of quaternary nitrogens is 1. The van der Waals surface area contributed by atoms with E-state index in [2.05, 4.69) is 6.58 Å². The third-order valence-corrected chi connectivity index (χ3v) is 3.89. The number of carbonyl (C=O) groups excluding carboxylic acids is 1. The minimum Gasteiger partial charge on any atom is -0.611 e. The molecule has 0 amide bonds. The third kappa shape index (κ3) is 1.81. The third-order valence-electron chi connectivity index (χ3n) is 3.89. The second-order valence-corrected chi connectivity index (χ2v) is 5.99. The van der Waals surface area contributed by atoms with Crippen LogP contribution in [0, 0.1) is 11.1 Å². The van der Waals surface area contributed by atoms with Crippen molar-refractivity contribution in [1.29, 1.82) is 0 Å². The van der Waals surface area contributed by atoms with Gasteiger partial charge in [-0.3, -0.25) is 9.55 Å². The van der Waals surface area contributed by atoms with Gasteiger partial charge in [0.2, 0.25) is 0 Å². The summed E-state index contributed by atoms with van der Waals surface area (Å²) in [6.07, 6.45) is 2.38. The second kappa shape index (κ2) is 3.65.